The molecule has 1 atom stereocenters. The normalized spacial score (nSPS) is 20.3. The lowest BCUT2D eigenvalue weighted by molar-refractivity contribution is 0.101. The lowest BCUT2D eigenvalue weighted by Gasteiger charge is -2.35. The number of piperazine rings is 1. The van der Waals surface area contributed by atoms with Crippen molar-refractivity contribution in [1.82, 2.24) is 9.47 Å². The van der Waals surface area contributed by atoms with Crippen LogP contribution in [0.2, 0.25) is 0 Å². The highest BCUT2D eigenvalue weighted by Crippen LogP contribution is 2.39. The first kappa shape index (κ1) is 17.0. The van der Waals surface area contributed by atoms with E-state index in [1.807, 2.05) is 18.9 Å². The van der Waals surface area contributed by atoms with Crippen LogP contribution in [-0.2, 0) is 0 Å². The fourth-order valence-corrected chi connectivity index (χ4v) is 3.74. The zero-order valence-corrected chi connectivity index (χ0v) is 15.2. The molecule has 138 valence electrons. The molecular formula is C19H22FN3O3. The van der Waals surface area contributed by atoms with Crippen molar-refractivity contribution >= 4 is 22.4 Å². The summed E-state index contributed by atoms with van der Waals surface area (Å²) in [7, 11) is 2.03. The van der Waals surface area contributed by atoms with E-state index < -0.39 is 5.82 Å². The third-order valence-electron chi connectivity index (χ3n) is 5.36. The minimum absolute atomic E-state index is 0.0856. The van der Waals surface area contributed by atoms with Crippen molar-refractivity contribution in [2.45, 2.75) is 19.9 Å². The molecule has 0 N–H and O–H groups in total. The van der Waals surface area contributed by atoms with Crippen LogP contribution in [0.15, 0.2) is 17.1 Å². The van der Waals surface area contributed by atoms with Crippen LogP contribution in [-0.4, -0.2) is 55.1 Å². The third-order valence-corrected chi connectivity index (χ3v) is 5.36. The largest absolute Gasteiger partial charge is 0.486 e. The van der Waals surface area contributed by atoms with Crippen LogP contribution < -0.4 is 15.1 Å². The molecule has 1 fully saturated rings. The minimum atomic E-state index is -0.433. The summed E-state index contributed by atoms with van der Waals surface area (Å²) in [4.78, 5) is 28.9. The number of anilines is 1. The number of aromatic nitrogens is 1. The maximum absolute atomic E-state index is 15.3. The van der Waals surface area contributed by atoms with E-state index in [0.717, 1.165) is 13.1 Å². The average molecular weight is 359 g/mol. The Labute approximate surface area is 150 Å². The number of likely N-dealkylation sites (N-methyl/N-ethyl adjacent to an activating group) is 1. The molecule has 2 aliphatic rings. The van der Waals surface area contributed by atoms with Gasteiger partial charge in [-0.15, -0.1) is 0 Å². The lowest BCUT2D eigenvalue weighted by atomic mass is 10.0. The number of benzene rings is 1. The zero-order valence-electron chi connectivity index (χ0n) is 15.2. The molecule has 0 saturated carbocycles. The molecule has 4 rings (SSSR count). The summed E-state index contributed by atoms with van der Waals surface area (Å²) in [5, 5.41) is 0.342. The number of carbonyl (C=O) groups excluding carboxylic acids is 1. The molecular weight excluding hydrogens is 337 g/mol. The number of hydrogen-bond acceptors (Lipinski definition) is 5. The van der Waals surface area contributed by atoms with Crippen molar-refractivity contribution in [3.05, 3.63) is 33.9 Å². The van der Waals surface area contributed by atoms with Crippen LogP contribution in [0.5, 0.6) is 5.75 Å². The smallest absolute Gasteiger partial charge is 0.200 e. The molecule has 0 amide bonds. The molecule has 2 aliphatic heterocycles. The molecule has 26 heavy (non-hydrogen) atoms. The van der Waals surface area contributed by atoms with Gasteiger partial charge >= 0.3 is 0 Å². The Morgan fingerprint density at radius 2 is 1.96 bits per heavy atom. The number of ether oxygens (including phenoxy) is 1. The molecule has 0 radical (unpaired) electrons. The molecule has 0 unspecified atom stereocenters. The highest BCUT2D eigenvalue weighted by atomic mass is 19.1. The SMILES string of the molecule is CC(=O)c1cn2c3c(c(F)c(N4CCN(C)CC4)cc3c1=O)OC[C@@H]2C. The fraction of sp³-hybridized carbons (Fsp3) is 0.474. The van der Waals surface area contributed by atoms with E-state index in [1.165, 1.54) is 6.92 Å². The monoisotopic (exact) mass is 359 g/mol. The predicted molar refractivity (Wildman–Crippen MR) is 98.1 cm³/mol. The van der Waals surface area contributed by atoms with E-state index in [0.29, 0.717) is 36.3 Å². The maximum atomic E-state index is 15.3. The number of rotatable bonds is 2. The van der Waals surface area contributed by atoms with Gasteiger partial charge in [0.15, 0.2) is 22.8 Å². The van der Waals surface area contributed by atoms with Gasteiger partial charge in [0.1, 0.15) is 6.61 Å². The van der Waals surface area contributed by atoms with Gasteiger partial charge in [-0.3, -0.25) is 9.59 Å². The number of carbonyl (C=O) groups is 1. The summed E-state index contributed by atoms with van der Waals surface area (Å²) in [6.45, 7) is 6.59. The first-order valence-electron chi connectivity index (χ1n) is 8.87. The van der Waals surface area contributed by atoms with Gasteiger partial charge in [-0.1, -0.05) is 0 Å². The fourth-order valence-electron chi connectivity index (χ4n) is 3.74. The predicted octanol–water partition coefficient (Wildman–Crippen LogP) is 2.05. The quantitative estimate of drug-likeness (QED) is 0.768. The Morgan fingerprint density at radius 3 is 2.62 bits per heavy atom. The van der Waals surface area contributed by atoms with Gasteiger partial charge in [-0.05, 0) is 27.0 Å². The van der Waals surface area contributed by atoms with E-state index in [1.54, 1.807) is 16.8 Å². The van der Waals surface area contributed by atoms with Gasteiger partial charge < -0.3 is 19.1 Å². The Kier molecular flexibility index (Phi) is 3.99. The van der Waals surface area contributed by atoms with E-state index in [-0.39, 0.29) is 28.6 Å². The summed E-state index contributed by atoms with van der Waals surface area (Å²) in [6.07, 6.45) is 1.54. The van der Waals surface area contributed by atoms with E-state index in [4.69, 9.17) is 4.74 Å². The Morgan fingerprint density at radius 1 is 1.27 bits per heavy atom. The highest BCUT2D eigenvalue weighted by molar-refractivity contribution is 5.99. The molecule has 2 aromatic rings. The number of pyridine rings is 1. The second-order valence-electron chi connectivity index (χ2n) is 7.22. The zero-order chi connectivity index (χ0) is 18.6. The van der Waals surface area contributed by atoms with Crippen molar-refractivity contribution < 1.29 is 13.9 Å². The van der Waals surface area contributed by atoms with Crippen LogP contribution in [0.1, 0.15) is 30.2 Å². The molecule has 1 saturated heterocycles. The molecule has 1 aromatic carbocycles. The van der Waals surface area contributed by atoms with E-state index in [9.17, 15) is 9.59 Å². The Bertz CT molecular complexity index is 961. The number of nitrogens with zero attached hydrogens (tertiary/aromatic N) is 3. The first-order valence-corrected chi connectivity index (χ1v) is 8.87. The van der Waals surface area contributed by atoms with Crippen LogP contribution in [0.4, 0.5) is 10.1 Å². The Balaban J connectivity index is 2.00. The van der Waals surface area contributed by atoms with Crippen LogP contribution in [0, 0.1) is 5.82 Å². The lowest BCUT2D eigenvalue weighted by Crippen LogP contribution is -2.45. The molecule has 7 heteroatoms. The second-order valence-corrected chi connectivity index (χ2v) is 7.22. The maximum Gasteiger partial charge on any atom is 0.200 e. The minimum Gasteiger partial charge on any atom is -0.486 e. The Hall–Kier alpha value is -2.41. The van der Waals surface area contributed by atoms with Crippen LogP contribution >= 0.6 is 0 Å². The van der Waals surface area contributed by atoms with Crippen LogP contribution in [0.25, 0.3) is 10.9 Å². The van der Waals surface area contributed by atoms with Crippen molar-refractivity contribution in [3.63, 3.8) is 0 Å². The van der Waals surface area contributed by atoms with Gasteiger partial charge in [0.25, 0.3) is 0 Å². The molecule has 0 spiro atoms. The van der Waals surface area contributed by atoms with E-state index >= 15 is 4.39 Å². The van der Waals surface area contributed by atoms with Gasteiger partial charge in [-0.2, -0.15) is 0 Å². The van der Waals surface area contributed by atoms with E-state index in [2.05, 4.69) is 4.90 Å². The summed E-state index contributed by atoms with van der Waals surface area (Å²) < 4.78 is 22.7. The number of halogens is 1. The summed E-state index contributed by atoms with van der Waals surface area (Å²) in [5.41, 5.74) is 0.583. The highest BCUT2D eigenvalue weighted by Gasteiger charge is 2.29. The summed E-state index contributed by atoms with van der Waals surface area (Å²) >= 11 is 0. The van der Waals surface area contributed by atoms with Gasteiger partial charge in [-0.25, -0.2) is 4.39 Å². The molecule has 1 aromatic heterocycles. The van der Waals surface area contributed by atoms with Crippen molar-refractivity contribution in [2.75, 3.05) is 44.7 Å². The number of Topliss-reactive ketones (excluding diaryl/α,β-unsaturated/α-hetero) is 1. The van der Waals surface area contributed by atoms with Gasteiger partial charge in [0.2, 0.25) is 0 Å². The summed E-state index contributed by atoms with van der Waals surface area (Å²) in [6, 6.07) is 1.50. The number of ketones is 1. The summed E-state index contributed by atoms with van der Waals surface area (Å²) in [5.74, 6) is -0.606. The topological polar surface area (TPSA) is 54.8 Å². The van der Waals surface area contributed by atoms with Gasteiger partial charge in [0.05, 0.1) is 28.2 Å². The van der Waals surface area contributed by atoms with Crippen molar-refractivity contribution in [1.29, 1.82) is 0 Å². The third kappa shape index (κ3) is 2.49. The average Bonchev–Trinajstić information content (AvgIpc) is 2.61. The molecule has 6 nitrogen and oxygen atoms in total. The second kappa shape index (κ2) is 6.09. The molecule has 0 bridgehead atoms. The van der Waals surface area contributed by atoms with Crippen LogP contribution in [0.3, 0.4) is 0 Å². The van der Waals surface area contributed by atoms with Gasteiger partial charge in [0, 0.05) is 32.4 Å². The molecule has 3 heterocycles. The standard InChI is InChI=1S/C19H22FN3O3/c1-11-10-26-19-16(20)15(22-6-4-21(3)5-7-22)8-13-17(19)23(11)9-14(12(2)24)18(13)25/h8-9,11H,4-7,10H2,1-3H3/t11-/m0/s1. The van der Waals surface area contributed by atoms with Crippen molar-refractivity contribution in [2.24, 2.45) is 0 Å². The number of hydrogen-bond donors (Lipinski definition) is 0. The first-order chi connectivity index (χ1) is 12.4. The molecule has 0 aliphatic carbocycles. The van der Waals surface area contributed by atoms with Crippen molar-refractivity contribution in [3.8, 4) is 5.75 Å².